The van der Waals surface area contributed by atoms with Gasteiger partial charge in [-0.05, 0) is 43.4 Å². The first-order valence-corrected chi connectivity index (χ1v) is 5.39. The van der Waals surface area contributed by atoms with Crippen LogP contribution >= 0.6 is 0 Å². The molecular formula is C11H20O. The van der Waals surface area contributed by atoms with Gasteiger partial charge in [0.2, 0.25) is 0 Å². The Kier molecular flexibility index (Phi) is 2.40. The third-order valence-corrected chi connectivity index (χ3v) is 4.12. The smallest absolute Gasteiger partial charge is 0.0602 e. The van der Waals surface area contributed by atoms with E-state index in [2.05, 4.69) is 6.92 Å². The second kappa shape index (κ2) is 3.37. The van der Waals surface area contributed by atoms with Crippen LogP contribution in [0.25, 0.3) is 0 Å². The molecule has 4 unspecified atom stereocenters. The summed E-state index contributed by atoms with van der Waals surface area (Å²) in [6.45, 7) is 2.34. The van der Waals surface area contributed by atoms with E-state index in [1.807, 2.05) is 7.11 Å². The number of hydrogen-bond donors (Lipinski definition) is 0. The van der Waals surface area contributed by atoms with E-state index in [9.17, 15) is 0 Å². The number of ether oxygens (including phenoxy) is 1. The van der Waals surface area contributed by atoms with Crippen LogP contribution in [0.5, 0.6) is 0 Å². The molecule has 0 bridgehead atoms. The Balaban J connectivity index is 2.01. The van der Waals surface area contributed by atoms with Crippen molar-refractivity contribution in [3.8, 4) is 0 Å². The summed E-state index contributed by atoms with van der Waals surface area (Å²) in [7, 11) is 1.88. The molecule has 4 atom stereocenters. The van der Waals surface area contributed by atoms with Gasteiger partial charge in [0.15, 0.2) is 0 Å². The van der Waals surface area contributed by atoms with Crippen molar-refractivity contribution in [1.29, 1.82) is 0 Å². The van der Waals surface area contributed by atoms with Gasteiger partial charge in [0, 0.05) is 7.11 Å². The summed E-state index contributed by atoms with van der Waals surface area (Å²) in [5, 5.41) is 0. The monoisotopic (exact) mass is 168 g/mol. The van der Waals surface area contributed by atoms with Crippen molar-refractivity contribution in [2.75, 3.05) is 7.11 Å². The standard InChI is InChI=1S/C11H20O/c1-3-8-4-5-10-9(8)6-7-11(10)12-2/h8-11H,3-7H2,1-2H3. The molecule has 0 heterocycles. The van der Waals surface area contributed by atoms with Gasteiger partial charge in [0.1, 0.15) is 0 Å². The summed E-state index contributed by atoms with van der Waals surface area (Å²) >= 11 is 0. The van der Waals surface area contributed by atoms with Gasteiger partial charge >= 0.3 is 0 Å². The summed E-state index contributed by atoms with van der Waals surface area (Å²) in [5.74, 6) is 2.95. The summed E-state index contributed by atoms with van der Waals surface area (Å²) in [6, 6.07) is 0. The van der Waals surface area contributed by atoms with Gasteiger partial charge in [-0.2, -0.15) is 0 Å². The van der Waals surface area contributed by atoms with Gasteiger partial charge in [-0.3, -0.25) is 0 Å². The van der Waals surface area contributed by atoms with Crippen molar-refractivity contribution < 1.29 is 4.74 Å². The maximum Gasteiger partial charge on any atom is 0.0602 e. The van der Waals surface area contributed by atoms with Gasteiger partial charge < -0.3 is 4.74 Å². The highest BCUT2D eigenvalue weighted by Crippen LogP contribution is 2.49. The Bertz CT molecular complexity index is 137. The molecule has 12 heavy (non-hydrogen) atoms. The first kappa shape index (κ1) is 8.55. The molecule has 0 saturated heterocycles. The van der Waals surface area contributed by atoms with Crippen molar-refractivity contribution in [3.05, 3.63) is 0 Å². The van der Waals surface area contributed by atoms with Crippen LogP contribution in [0, 0.1) is 17.8 Å². The van der Waals surface area contributed by atoms with E-state index in [1.165, 1.54) is 32.1 Å². The topological polar surface area (TPSA) is 9.23 Å². The SMILES string of the molecule is CCC1CCC2C(OC)CCC12. The molecule has 2 saturated carbocycles. The highest BCUT2D eigenvalue weighted by Gasteiger charge is 2.43. The normalized spacial score (nSPS) is 46.5. The third-order valence-electron chi connectivity index (χ3n) is 4.12. The van der Waals surface area contributed by atoms with Gasteiger partial charge in [-0.1, -0.05) is 13.3 Å². The number of rotatable bonds is 2. The predicted octanol–water partition coefficient (Wildman–Crippen LogP) is 2.85. The molecular weight excluding hydrogens is 148 g/mol. The lowest BCUT2D eigenvalue weighted by Gasteiger charge is -2.18. The Morgan fingerprint density at radius 2 is 1.83 bits per heavy atom. The van der Waals surface area contributed by atoms with Crippen LogP contribution in [0.3, 0.4) is 0 Å². The Morgan fingerprint density at radius 3 is 2.50 bits per heavy atom. The van der Waals surface area contributed by atoms with Crippen molar-refractivity contribution in [2.24, 2.45) is 17.8 Å². The quantitative estimate of drug-likeness (QED) is 0.616. The van der Waals surface area contributed by atoms with Crippen molar-refractivity contribution in [1.82, 2.24) is 0 Å². The minimum atomic E-state index is 0.603. The molecule has 1 heteroatoms. The van der Waals surface area contributed by atoms with Crippen molar-refractivity contribution >= 4 is 0 Å². The fourth-order valence-electron chi connectivity index (χ4n) is 3.47. The summed E-state index contributed by atoms with van der Waals surface area (Å²) in [6.07, 6.45) is 7.64. The van der Waals surface area contributed by atoms with Crippen LogP contribution in [-0.4, -0.2) is 13.2 Å². The molecule has 0 spiro atoms. The second-order valence-corrected chi connectivity index (χ2v) is 4.42. The Morgan fingerprint density at radius 1 is 1.08 bits per heavy atom. The molecule has 0 amide bonds. The lowest BCUT2D eigenvalue weighted by Crippen LogP contribution is -2.18. The largest absolute Gasteiger partial charge is 0.381 e. The minimum Gasteiger partial charge on any atom is -0.381 e. The molecule has 2 aliphatic rings. The van der Waals surface area contributed by atoms with E-state index >= 15 is 0 Å². The number of hydrogen-bond acceptors (Lipinski definition) is 1. The zero-order valence-electron chi connectivity index (χ0n) is 8.25. The maximum atomic E-state index is 5.52. The summed E-state index contributed by atoms with van der Waals surface area (Å²) in [5.41, 5.74) is 0. The van der Waals surface area contributed by atoms with Crippen LogP contribution in [0.2, 0.25) is 0 Å². The van der Waals surface area contributed by atoms with Crippen LogP contribution < -0.4 is 0 Å². The molecule has 1 nitrogen and oxygen atoms in total. The van der Waals surface area contributed by atoms with Gasteiger partial charge in [0.05, 0.1) is 6.10 Å². The van der Waals surface area contributed by atoms with E-state index in [-0.39, 0.29) is 0 Å². The van der Waals surface area contributed by atoms with E-state index in [0.29, 0.717) is 6.10 Å². The summed E-state index contributed by atoms with van der Waals surface area (Å²) in [4.78, 5) is 0. The molecule has 0 aromatic carbocycles. The average molecular weight is 168 g/mol. The third kappa shape index (κ3) is 1.19. The number of fused-ring (bicyclic) bond motifs is 1. The molecule has 0 aliphatic heterocycles. The molecule has 0 radical (unpaired) electrons. The number of methoxy groups -OCH3 is 1. The fraction of sp³-hybridized carbons (Fsp3) is 1.00. The van der Waals surface area contributed by atoms with Crippen LogP contribution in [0.15, 0.2) is 0 Å². The Labute approximate surface area is 75.5 Å². The van der Waals surface area contributed by atoms with Crippen molar-refractivity contribution in [2.45, 2.75) is 45.1 Å². The zero-order valence-corrected chi connectivity index (χ0v) is 8.25. The average Bonchev–Trinajstić information content (AvgIpc) is 2.62. The highest BCUT2D eigenvalue weighted by molar-refractivity contribution is 4.94. The van der Waals surface area contributed by atoms with E-state index < -0.39 is 0 Å². The van der Waals surface area contributed by atoms with E-state index in [4.69, 9.17) is 4.74 Å². The lowest BCUT2D eigenvalue weighted by atomic mass is 9.90. The van der Waals surface area contributed by atoms with Crippen LogP contribution in [0.4, 0.5) is 0 Å². The first-order valence-electron chi connectivity index (χ1n) is 5.39. The molecule has 70 valence electrons. The predicted molar refractivity (Wildman–Crippen MR) is 50.0 cm³/mol. The first-order chi connectivity index (χ1) is 5.86. The molecule has 0 aromatic rings. The van der Waals surface area contributed by atoms with Gasteiger partial charge in [-0.15, -0.1) is 0 Å². The van der Waals surface area contributed by atoms with E-state index in [1.54, 1.807) is 0 Å². The van der Waals surface area contributed by atoms with Gasteiger partial charge in [-0.25, -0.2) is 0 Å². The van der Waals surface area contributed by atoms with Crippen LogP contribution in [-0.2, 0) is 4.74 Å². The van der Waals surface area contributed by atoms with Crippen molar-refractivity contribution in [3.63, 3.8) is 0 Å². The highest BCUT2D eigenvalue weighted by atomic mass is 16.5. The summed E-state index contributed by atoms with van der Waals surface area (Å²) < 4.78 is 5.52. The zero-order chi connectivity index (χ0) is 8.55. The molecule has 2 rings (SSSR count). The van der Waals surface area contributed by atoms with Crippen LogP contribution in [0.1, 0.15) is 39.0 Å². The Hall–Kier alpha value is -0.0400. The van der Waals surface area contributed by atoms with E-state index in [0.717, 1.165) is 17.8 Å². The second-order valence-electron chi connectivity index (χ2n) is 4.42. The molecule has 2 aliphatic carbocycles. The minimum absolute atomic E-state index is 0.603. The van der Waals surface area contributed by atoms with Gasteiger partial charge in [0.25, 0.3) is 0 Å². The molecule has 0 N–H and O–H groups in total. The maximum absolute atomic E-state index is 5.52. The molecule has 2 fully saturated rings. The molecule has 0 aromatic heterocycles. The fourth-order valence-corrected chi connectivity index (χ4v) is 3.47. The lowest BCUT2D eigenvalue weighted by molar-refractivity contribution is 0.0654.